The number of carboxylic acid groups (broad SMARTS) is 1. The second kappa shape index (κ2) is 10.5. The minimum atomic E-state index is -0.905. The van der Waals surface area contributed by atoms with Crippen molar-refractivity contribution in [3.8, 4) is 11.4 Å². The van der Waals surface area contributed by atoms with Gasteiger partial charge in [0.25, 0.3) is 0 Å². The Bertz CT molecular complexity index is 1180. The molecule has 0 bridgehead atoms. The maximum Gasteiger partial charge on any atom is 0.306 e. The topological polar surface area (TPSA) is 159 Å². The fraction of sp³-hybridized carbons (Fsp3) is 0.263. The standard InChI is InChI=1S/C19H21N9O3.ClH/c20-7-1-8-27-12-13(10-22-27)23-19-21-11-16-18(24-19)28(26-25-16)14-2-4-15(5-3-14)31-9-6-17(29)30;/h2-5,10-12H,1,6-9,20H2,(H,29,30)(H,21,23,24);1H. The number of nitrogens with two attached hydrogens (primary N) is 1. The average Bonchev–Trinajstić information content (AvgIpc) is 3.39. The minimum Gasteiger partial charge on any atom is -0.493 e. The Hall–Kier alpha value is -3.77. The number of benzene rings is 1. The highest BCUT2D eigenvalue weighted by Gasteiger charge is 2.11. The number of rotatable bonds is 10. The second-order valence-corrected chi connectivity index (χ2v) is 6.65. The van der Waals surface area contributed by atoms with Crippen LogP contribution in [0.15, 0.2) is 42.9 Å². The van der Waals surface area contributed by atoms with Crippen molar-refractivity contribution >= 4 is 41.2 Å². The molecule has 0 aliphatic carbocycles. The molecule has 0 aliphatic rings. The normalized spacial score (nSPS) is 10.7. The number of halogens is 1. The van der Waals surface area contributed by atoms with Crippen molar-refractivity contribution in [2.24, 2.45) is 5.73 Å². The molecule has 4 N–H and O–H groups in total. The monoisotopic (exact) mass is 459 g/mol. The van der Waals surface area contributed by atoms with Crippen molar-refractivity contribution in [2.45, 2.75) is 19.4 Å². The summed E-state index contributed by atoms with van der Waals surface area (Å²) in [7, 11) is 0. The highest BCUT2D eigenvalue weighted by atomic mass is 35.5. The first-order chi connectivity index (χ1) is 15.1. The van der Waals surface area contributed by atoms with E-state index >= 15 is 0 Å². The molecule has 0 radical (unpaired) electrons. The van der Waals surface area contributed by atoms with Crippen LogP contribution in [0, 0.1) is 0 Å². The van der Waals surface area contributed by atoms with Crippen molar-refractivity contribution in [1.82, 2.24) is 34.7 Å². The van der Waals surface area contributed by atoms with E-state index in [2.05, 4.69) is 30.7 Å². The zero-order valence-corrected chi connectivity index (χ0v) is 17.8. The zero-order valence-electron chi connectivity index (χ0n) is 17.0. The summed E-state index contributed by atoms with van der Waals surface area (Å²) in [4.78, 5) is 19.4. The Morgan fingerprint density at radius 2 is 2.03 bits per heavy atom. The van der Waals surface area contributed by atoms with Crippen LogP contribution >= 0.6 is 12.4 Å². The third-order valence-electron chi connectivity index (χ3n) is 4.34. The van der Waals surface area contributed by atoms with Gasteiger partial charge >= 0.3 is 5.97 Å². The molecule has 0 atom stereocenters. The van der Waals surface area contributed by atoms with Crippen LogP contribution in [0.3, 0.4) is 0 Å². The Kier molecular flexibility index (Phi) is 7.52. The van der Waals surface area contributed by atoms with Crippen molar-refractivity contribution in [3.63, 3.8) is 0 Å². The van der Waals surface area contributed by atoms with Gasteiger partial charge in [0.1, 0.15) is 5.75 Å². The molecule has 0 amide bonds. The van der Waals surface area contributed by atoms with E-state index in [4.69, 9.17) is 15.6 Å². The van der Waals surface area contributed by atoms with E-state index in [9.17, 15) is 4.79 Å². The van der Waals surface area contributed by atoms with Gasteiger partial charge in [0.15, 0.2) is 11.2 Å². The van der Waals surface area contributed by atoms with Gasteiger partial charge in [0.05, 0.1) is 36.8 Å². The van der Waals surface area contributed by atoms with E-state index in [0.717, 1.165) is 24.3 Å². The average molecular weight is 460 g/mol. The Morgan fingerprint density at radius 1 is 1.22 bits per heavy atom. The van der Waals surface area contributed by atoms with Gasteiger partial charge in [-0.05, 0) is 37.2 Å². The molecular weight excluding hydrogens is 438 g/mol. The van der Waals surface area contributed by atoms with Crippen LogP contribution in [0.4, 0.5) is 11.6 Å². The van der Waals surface area contributed by atoms with E-state index in [0.29, 0.717) is 29.4 Å². The first-order valence-corrected chi connectivity index (χ1v) is 9.65. The molecule has 12 nitrogen and oxygen atoms in total. The summed E-state index contributed by atoms with van der Waals surface area (Å²) in [6.45, 7) is 1.45. The van der Waals surface area contributed by atoms with E-state index in [1.165, 1.54) is 0 Å². The third-order valence-corrected chi connectivity index (χ3v) is 4.34. The van der Waals surface area contributed by atoms with Crippen LogP contribution in [0.2, 0.25) is 0 Å². The lowest BCUT2D eigenvalue weighted by atomic mass is 10.3. The van der Waals surface area contributed by atoms with E-state index in [1.807, 2.05) is 6.20 Å². The molecule has 0 saturated heterocycles. The zero-order chi connectivity index (χ0) is 21.6. The number of fused-ring (bicyclic) bond motifs is 1. The third kappa shape index (κ3) is 5.47. The van der Waals surface area contributed by atoms with Crippen LogP contribution in [0.5, 0.6) is 5.75 Å². The maximum absolute atomic E-state index is 10.6. The fourth-order valence-corrected chi connectivity index (χ4v) is 2.83. The number of hydrogen-bond donors (Lipinski definition) is 3. The van der Waals surface area contributed by atoms with Crippen LogP contribution in [-0.2, 0) is 11.3 Å². The number of anilines is 2. The number of aliphatic carboxylic acids is 1. The number of nitrogens with zero attached hydrogens (tertiary/aromatic N) is 7. The molecule has 3 heterocycles. The molecule has 4 rings (SSSR count). The first-order valence-electron chi connectivity index (χ1n) is 9.65. The maximum atomic E-state index is 10.6. The fourth-order valence-electron chi connectivity index (χ4n) is 2.83. The van der Waals surface area contributed by atoms with Crippen LogP contribution in [0.1, 0.15) is 12.8 Å². The Labute approximate surface area is 188 Å². The smallest absolute Gasteiger partial charge is 0.306 e. The number of carboxylic acids is 1. The van der Waals surface area contributed by atoms with E-state index < -0.39 is 5.97 Å². The van der Waals surface area contributed by atoms with Gasteiger partial charge in [-0.1, -0.05) is 5.21 Å². The number of hydrogen-bond acceptors (Lipinski definition) is 9. The molecule has 0 unspecified atom stereocenters. The Balaban J connectivity index is 0.00000289. The quantitative estimate of drug-likeness (QED) is 0.319. The minimum absolute atomic E-state index is 0. The SMILES string of the molecule is Cl.NCCCn1cc(Nc2ncc3nnn(-c4ccc(OCCC(=O)O)cc4)c3n2)cn1. The summed E-state index contributed by atoms with van der Waals surface area (Å²) in [5.41, 5.74) is 8.11. The van der Waals surface area contributed by atoms with Crippen molar-refractivity contribution in [3.05, 3.63) is 42.9 Å². The Morgan fingerprint density at radius 3 is 2.78 bits per heavy atom. The lowest BCUT2D eigenvalue weighted by molar-refractivity contribution is -0.137. The van der Waals surface area contributed by atoms with Crippen molar-refractivity contribution < 1.29 is 14.6 Å². The molecule has 0 saturated carbocycles. The van der Waals surface area contributed by atoms with Crippen LogP contribution in [-0.4, -0.2) is 59.0 Å². The summed E-state index contributed by atoms with van der Waals surface area (Å²) < 4.78 is 8.81. The number of aryl methyl sites for hydroxylation is 1. The summed E-state index contributed by atoms with van der Waals surface area (Å²) in [6, 6.07) is 7.06. The molecule has 3 aromatic heterocycles. The molecule has 0 fully saturated rings. The lowest BCUT2D eigenvalue weighted by Crippen LogP contribution is -2.05. The lowest BCUT2D eigenvalue weighted by Gasteiger charge is -2.06. The van der Waals surface area contributed by atoms with Gasteiger partial charge in [-0.3, -0.25) is 9.48 Å². The summed E-state index contributed by atoms with van der Waals surface area (Å²) in [5, 5.41) is 24.4. The predicted molar refractivity (Wildman–Crippen MR) is 119 cm³/mol. The van der Waals surface area contributed by atoms with Gasteiger partial charge in [0, 0.05) is 12.7 Å². The summed E-state index contributed by atoms with van der Waals surface area (Å²) in [6.07, 6.45) is 5.94. The van der Waals surface area contributed by atoms with Gasteiger partial charge in [-0.15, -0.1) is 17.5 Å². The van der Waals surface area contributed by atoms with Crippen molar-refractivity contribution in [1.29, 1.82) is 0 Å². The molecule has 1 aromatic carbocycles. The van der Waals surface area contributed by atoms with Gasteiger partial charge in [-0.25, -0.2) is 4.98 Å². The summed E-state index contributed by atoms with van der Waals surface area (Å²) in [5.74, 6) is 0.0545. The van der Waals surface area contributed by atoms with Crippen LogP contribution < -0.4 is 15.8 Å². The first kappa shape index (κ1) is 22.9. The highest BCUT2D eigenvalue weighted by Crippen LogP contribution is 2.20. The molecule has 4 aromatic rings. The number of ether oxygens (including phenoxy) is 1. The van der Waals surface area contributed by atoms with E-state index in [-0.39, 0.29) is 25.4 Å². The summed E-state index contributed by atoms with van der Waals surface area (Å²) >= 11 is 0. The molecule has 0 aliphatic heterocycles. The highest BCUT2D eigenvalue weighted by molar-refractivity contribution is 5.85. The van der Waals surface area contributed by atoms with Gasteiger partial charge in [-0.2, -0.15) is 14.8 Å². The molecule has 168 valence electrons. The molecule has 13 heteroatoms. The van der Waals surface area contributed by atoms with E-state index in [1.54, 1.807) is 46.0 Å². The van der Waals surface area contributed by atoms with Gasteiger partial charge < -0.3 is 20.9 Å². The van der Waals surface area contributed by atoms with Gasteiger partial charge in [0.2, 0.25) is 5.95 Å². The number of aromatic nitrogens is 7. The van der Waals surface area contributed by atoms with Crippen molar-refractivity contribution in [2.75, 3.05) is 18.5 Å². The number of nitrogens with one attached hydrogen (secondary N) is 1. The molecule has 32 heavy (non-hydrogen) atoms. The molecular formula is C19H22ClN9O3. The number of carbonyl (C=O) groups is 1. The van der Waals surface area contributed by atoms with Crippen LogP contribution in [0.25, 0.3) is 16.9 Å². The largest absolute Gasteiger partial charge is 0.493 e. The molecule has 0 spiro atoms. The second-order valence-electron chi connectivity index (χ2n) is 6.65. The predicted octanol–water partition coefficient (Wildman–Crippen LogP) is 1.77.